The molecule has 1 aromatic heterocycles. The molecule has 0 radical (unpaired) electrons. The van der Waals surface area contributed by atoms with Gasteiger partial charge < -0.3 is 10.2 Å². The van der Waals surface area contributed by atoms with Gasteiger partial charge in [0.2, 0.25) is 5.91 Å². The Bertz CT molecular complexity index is 797. The molecule has 0 saturated carbocycles. The van der Waals surface area contributed by atoms with Crippen LogP contribution in [-0.2, 0) is 18.9 Å². The number of benzene rings is 1. The summed E-state index contributed by atoms with van der Waals surface area (Å²) in [7, 11) is 3.52. The first-order valence-corrected chi connectivity index (χ1v) is 8.54. The molecule has 2 aromatic rings. The molecule has 6 heteroatoms. The zero-order chi connectivity index (χ0) is 18.0. The number of anilines is 2. The average molecular weight is 332 g/mol. The fourth-order valence-corrected chi connectivity index (χ4v) is 3.03. The highest BCUT2D eigenvalue weighted by atomic mass is 16.2. The molecule has 132 valence electrons. The molecule has 24 heavy (non-hydrogen) atoms. The van der Waals surface area contributed by atoms with Crippen LogP contribution in [0, 0.1) is 5.92 Å². The number of hydrogen-bond acceptors (Lipinski definition) is 3. The van der Waals surface area contributed by atoms with E-state index in [1.807, 2.05) is 26.0 Å². The first kappa shape index (κ1) is 18.1. The maximum absolute atomic E-state index is 12.3. The van der Waals surface area contributed by atoms with Gasteiger partial charge in [0.1, 0.15) is 0 Å². The highest BCUT2D eigenvalue weighted by molar-refractivity contribution is 5.98. The summed E-state index contributed by atoms with van der Waals surface area (Å²) in [6.45, 7) is 9.87. The third kappa shape index (κ3) is 3.32. The van der Waals surface area contributed by atoms with Gasteiger partial charge in [-0.3, -0.25) is 13.9 Å². The number of hydrogen-bond donors (Lipinski definition) is 1. The van der Waals surface area contributed by atoms with Crippen LogP contribution in [0.15, 0.2) is 16.9 Å². The van der Waals surface area contributed by atoms with Gasteiger partial charge in [0.15, 0.2) is 0 Å². The van der Waals surface area contributed by atoms with Crippen LogP contribution in [-0.4, -0.2) is 28.1 Å². The summed E-state index contributed by atoms with van der Waals surface area (Å²) < 4.78 is 3.25. The van der Waals surface area contributed by atoms with E-state index in [2.05, 4.69) is 24.1 Å². The molecule has 0 saturated heterocycles. The molecule has 0 spiro atoms. The van der Waals surface area contributed by atoms with Crippen LogP contribution in [0.2, 0.25) is 0 Å². The molecular weight excluding hydrogens is 304 g/mol. The van der Waals surface area contributed by atoms with Gasteiger partial charge in [0.25, 0.3) is 0 Å². The third-order valence-electron chi connectivity index (χ3n) is 4.36. The zero-order valence-electron chi connectivity index (χ0n) is 15.5. The molecule has 0 bridgehead atoms. The minimum atomic E-state index is -0.0684. The largest absolute Gasteiger partial charge is 0.370 e. The number of rotatable bonds is 6. The number of carbonyl (C=O) groups excluding carboxylic acids is 1. The second-order valence-corrected chi connectivity index (χ2v) is 6.58. The molecular formula is C18H28N4O2. The van der Waals surface area contributed by atoms with Gasteiger partial charge in [-0.1, -0.05) is 13.8 Å². The number of fused-ring (bicyclic) bond motifs is 1. The standard InChI is InChI=1S/C18H28N4O2/c1-7-22(8-2)14-11-16-15(20(5)18(24)21(16)6)10-13(14)19-17(23)9-12(3)4/h10-12H,7-9H2,1-6H3,(H,19,23). The maximum atomic E-state index is 12.3. The lowest BCUT2D eigenvalue weighted by Gasteiger charge is -2.25. The molecule has 0 aliphatic rings. The van der Waals surface area contributed by atoms with Gasteiger partial charge in [0, 0.05) is 33.6 Å². The SMILES string of the molecule is CCN(CC)c1cc2c(cc1NC(=O)CC(C)C)n(C)c(=O)n2C. The van der Waals surface area contributed by atoms with Crippen LogP contribution in [0.4, 0.5) is 11.4 Å². The smallest absolute Gasteiger partial charge is 0.328 e. The minimum Gasteiger partial charge on any atom is -0.370 e. The number of aryl methyl sites for hydroxylation is 2. The number of imidazole rings is 1. The predicted molar refractivity (Wildman–Crippen MR) is 99.8 cm³/mol. The topological polar surface area (TPSA) is 59.3 Å². The van der Waals surface area contributed by atoms with E-state index < -0.39 is 0 Å². The number of nitrogens with zero attached hydrogens (tertiary/aromatic N) is 3. The lowest BCUT2D eigenvalue weighted by atomic mass is 10.1. The lowest BCUT2D eigenvalue weighted by molar-refractivity contribution is -0.116. The van der Waals surface area contributed by atoms with Gasteiger partial charge in [-0.2, -0.15) is 0 Å². The van der Waals surface area contributed by atoms with Crippen LogP contribution in [0.3, 0.4) is 0 Å². The van der Waals surface area contributed by atoms with E-state index in [1.165, 1.54) is 0 Å². The van der Waals surface area contributed by atoms with Gasteiger partial charge >= 0.3 is 5.69 Å². The fraction of sp³-hybridized carbons (Fsp3) is 0.556. The van der Waals surface area contributed by atoms with E-state index in [-0.39, 0.29) is 11.6 Å². The Hall–Kier alpha value is -2.24. The van der Waals surface area contributed by atoms with E-state index in [9.17, 15) is 9.59 Å². The Morgan fingerprint density at radius 3 is 2.17 bits per heavy atom. The van der Waals surface area contributed by atoms with E-state index in [0.29, 0.717) is 12.3 Å². The normalized spacial score (nSPS) is 11.3. The first-order chi connectivity index (χ1) is 11.3. The third-order valence-corrected chi connectivity index (χ3v) is 4.36. The van der Waals surface area contributed by atoms with Crippen LogP contribution < -0.4 is 15.9 Å². The van der Waals surface area contributed by atoms with Gasteiger partial charge in [0.05, 0.1) is 22.4 Å². The summed E-state index contributed by atoms with van der Waals surface area (Å²) >= 11 is 0. The number of aromatic nitrogens is 2. The molecule has 0 aliphatic carbocycles. The predicted octanol–water partition coefficient (Wildman–Crippen LogP) is 2.71. The average Bonchev–Trinajstić information content (AvgIpc) is 2.72. The molecule has 0 aliphatic heterocycles. The van der Waals surface area contributed by atoms with E-state index in [4.69, 9.17) is 0 Å². The summed E-state index contributed by atoms with van der Waals surface area (Å²) in [4.78, 5) is 26.7. The summed E-state index contributed by atoms with van der Waals surface area (Å²) in [6.07, 6.45) is 0.476. The van der Waals surface area contributed by atoms with E-state index >= 15 is 0 Å². The summed E-state index contributed by atoms with van der Waals surface area (Å²) in [5.74, 6) is 0.297. The number of amides is 1. The Labute approximate surface area is 143 Å². The van der Waals surface area contributed by atoms with Gasteiger partial charge in [-0.05, 0) is 31.9 Å². The highest BCUT2D eigenvalue weighted by Crippen LogP contribution is 2.31. The van der Waals surface area contributed by atoms with Crippen LogP contribution in [0.5, 0.6) is 0 Å². The van der Waals surface area contributed by atoms with Crippen molar-refractivity contribution in [3.63, 3.8) is 0 Å². The van der Waals surface area contributed by atoms with Crippen molar-refractivity contribution in [1.82, 2.24) is 9.13 Å². The van der Waals surface area contributed by atoms with Crippen molar-refractivity contribution in [1.29, 1.82) is 0 Å². The highest BCUT2D eigenvalue weighted by Gasteiger charge is 2.17. The van der Waals surface area contributed by atoms with Crippen LogP contribution in [0.25, 0.3) is 11.0 Å². The van der Waals surface area contributed by atoms with Crippen molar-refractivity contribution < 1.29 is 4.79 Å². The quantitative estimate of drug-likeness (QED) is 0.885. The second kappa shape index (κ2) is 7.11. The fourth-order valence-electron chi connectivity index (χ4n) is 3.03. The lowest BCUT2D eigenvalue weighted by Crippen LogP contribution is -2.24. The summed E-state index contributed by atoms with van der Waals surface area (Å²) in [6, 6.07) is 3.90. The number of carbonyl (C=O) groups is 1. The Morgan fingerprint density at radius 2 is 1.67 bits per heavy atom. The van der Waals surface area contributed by atoms with Crippen molar-refractivity contribution in [2.75, 3.05) is 23.3 Å². The Kier molecular flexibility index (Phi) is 5.36. The molecule has 0 fully saturated rings. The molecule has 2 rings (SSSR count). The van der Waals surface area contributed by atoms with E-state index in [1.54, 1.807) is 23.2 Å². The van der Waals surface area contributed by atoms with Crippen LogP contribution >= 0.6 is 0 Å². The summed E-state index contributed by atoms with van der Waals surface area (Å²) in [5.41, 5.74) is 3.33. The molecule has 1 heterocycles. The van der Waals surface area contributed by atoms with Crippen LogP contribution in [0.1, 0.15) is 34.1 Å². The minimum absolute atomic E-state index is 0.00122. The van der Waals surface area contributed by atoms with E-state index in [0.717, 1.165) is 35.5 Å². The molecule has 0 atom stereocenters. The van der Waals surface area contributed by atoms with Crippen molar-refractivity contribution >= 4 is 28.3 Å². The summed E-state index contributed by atoms with van der Waals surface area (Å²) in [5, 5.41) is 3.03. The second-order valence-electron chi connectivity index (χ2n) is 6.58. The molecule has 1 amide bonds. The number of nitrogens with one attached hydrogen (secondary N) is 1. The Balaban J connectivity index is 2.61. The first-order valence-electron chi connectivity index (χ1n) is 8.54. The molecule has 1 N–H and O–H groups in total. The molecule has 6 nitrogen and oxygen atoms in total. The molecule has 0 unspecified atom stereocenters. The van der Waals surface area contributed by atoms with Gasteiger partial charge in [-0.25, -0.2) is 4.79 Å². The zero-order valence-corrected chi connectivity index (χ0v) is 15.5. The van der Waals surface area contributed by atoms with Crippen molar-refractivity contribution in [2.24, 2.45) is 20.0 Å². The molecule has 1 aromatic carbocycles. The van der Waals surface area contributed by atoms with Gasteiger partial charge in [-0.15, -0.1) is 0 Å². The van der Waals surface area contributed by atoms with Crippen molar-refractivity contribution in [2.45, 2.75) is 34.1 Å². The monoisotopic (exact) mass is 332 g/mol. The van der Waals surface area contributed by atoms with Crippen molar-refractivity contribution in [3.8, 4) is 0 Å². The van der Waals surface area contributed by atoms with Crippen molar-refractivity contribution in [3.05, 3.63) is 22.6 Å². The maximum Gasteiger partial charge on any atom is 0.328 e. The Morgan fingerprint density at radius 1 is 1.12 bits per heavy atom.